The van der Waals surface area contributed by atoms with Gasteiger partial charge in [0.1, 0.15) is 0 Å². The van der Waals surface area contributed by atoms with Crippen molar-refractivity contribution in [2.45, 2.75) is 71.9 Å². The van der Waals surface area contributed by atoms with Crippen LogP contribution in [0.25, 0.3) is 0 Å². The van der Waals surface area contributed by atoms with E-state index < -0.39 is 8.53 Å². The van der Waals surface area contributed by atoms with Gasteiger partial charge < -0.3 is 13.9 Å². The summed E-state index contributed by atoms with van der Waals surface area (Å²) in [5.41, 5.74) is 2.68. The van der Waals surface area contributed by atoms with Crippen molar-refractivity contribution in [2.75, 3.05) is 45.9 Å². The Balaban J connectivity index is 1.48. The summed E-state index contributed by atoms with van der Waals surface area (Å²) in [5, 5.41) is 8.91. The van der Waals surface area contributed by atoms with Crippen LogP contribution in [0.15, 0.2) is 47.6 Å². The van der Waals surface area contributed by atoms with Crippen LogP contribution < -0.4 is 0 Å². The highest BCUT2D eigenvalue weighted by Crippen LogP contribution is 2.46. The molecular weight excluding hydrogens is 483 g/mol. The van der Waals surface area contributed by atoms with Crippen molar-refractivity contribution in [1.82, 2.24) is 14.5 Å². The monoisotopic (exact) mass is 528 g/mol. The highest BCUT2D eigenvalue weighted by molar-refractivity contribution is 7.44. The predicted molar refractivity (Wildman–Crippen MR) is 151 cm³/mol. The van der Waals surface area contributed by atoms with Crippen LogP contribution in [0.3, 0.4) is 0 Å². The first kappa shape index (κ1) is 29.7. The summed E-state index contributed by atoms with van der Waals surface area (Å²) >= 11 is 0. The lowest BCUT2D eigenvalue weighted by Gasteiger charge is -2.37. The smallest absolute Gasteiger partial charge is 0.259 e. The third kappa shape index (κ3) is 9.78. The van der Waals surface area contributed by atoms with E-state index in [2.05, 4.69) is 79.8 Å². The normalized spacial score (nSPS) is 18.8. The van der Waals surface area contributed by atoms with Gasteiger partial charge in [0, 0.05) is 38.3 Å². The standard InChI is InChI=1S/C29H45N4O3P/c1-24(2)33(25(3)4)37(35-19-9-16-30)36-23-28-14-17-32(18-15-28)29(34)22-31(20-26-10-5-6-11-26)21-27-12-7-8-13-27/h5-7,10,12-13,24-25,28H,8-9,11,14-15,17-23H2,1-4H3. The molecule has 37 heavy (non-hydrogen) atoms. The molecule has 1 amide bonds. The molecule has 3 rings (SSSR count). The van der Waals surface area contributed by atoms with Crippen molar-refractivity contribution >= 4 is 14.4 Å². The second-order valence-corrected chi connectivity index (χ2v) is 12.1. The van der Waals surface area contributed by atoms with Crippen molar-refractivity contribution in [3.05, 3.63) is 47.6 Å². The fourth-order valence-corrected chi connectivity index (χ4v) is 6.75. The number of nitriles is 1. The van der Waals surface area contributed by atoms with Gasteiger partial charge in [-0.25, -0.2) is 4.67 Å². The number of amides is 1. The number of hydrogen-bond acceptors (Lipinski definition) is 6. The average Bonchev–Trinajstić information content (AvgIpc) is 3.57. The molecule has 3 aliphatic rings. The van der Waals surface area contributed by atoms with E-state index in [9.17, 15) is 4.79 Å². The first-order valence-corrected chi connectivity index (χ1v) is 14.9. The number of carbonyl (C=O) groups excluding carboxylic acids is 1. The summed E-state index contributed by atoms with van der Waals surface area (Å²) < 4.78 is 14.6. The molecule has 204 valence electrons. The van der Waals surface area contributed by atoms with E-state index in [1.54, 1.807) is 0 Å². The first-order valence-electron chi connectivity index (χ1n) is 13.8. The molecule has 2 aliphatic carbocycles. The Labute approximate surface area is 225 Å². The zero-order valence-electron chi connectivity index (χ0n) is 23.1. The molecule has 8 heteroatoms. The predicted octanol–water partition coefficient (Wildman–Crippen LogP) is 5.59. The van der Waals surface area contributed by atoms with Crippen LogP contribution in [-0.2, 0) is 13.8 Å². The van der Waals surface area contributed by atoms with Gasteiger partial charge in [0.05, 0.1) is 32.2 Å². The van der Waals surface area contributed by atoms with Crippen LogP contribution in [0, 0.1) is 17.2 Å². The van der Waals surface area contributed by atoms with Gasteiger partial charge in [-0.1, -0.05) is 42.0 Å². The van der Waals surface area contributed by atoms with Gasteiger partial charge in [-0.15, -0.1) is 0 Å². The molecule has 0 bridgehead atoms. The number of rotatable bonds is 15. The minimum atomic E-state index is -1.21. The lowest BCUT2D eigenvalue weighted by molar-refractivity contribution is -0.133. The molecule has 0 N–H and O–H groups in total. The maximum Gasteiger partial charge on any atom is 0.259 e. The molecule has 1 saturated heterocycles. The molecule has 0 aromatic rings. The summed E-state index contributed by atoms with van der Waals surface area (Å²) in [4.78, 5) is 17.6. The lowest BCUT2D eigenvalue weighted by atomic mass is 9.98. The van der Waals surface area contributed by atoms with Gasteiger partial charge in [-0.3, -0.25) is 9.69 Å². The van der Waals surface area contributed by atoms with E-state index in [1.807, 2.05) is 4.90 Å². The van der Waals surface area contributed by atoms with Crippen molar-refractivity contribution in [1.29, 1.82) is 5.26 Å². The third-order valence-corrected chi connectivity index (χ3v) is 9.01. The largest absolute Gasteiger partial charge is 0.342 e. The van der Waals surface area contributed by atoms with Crippen LogP contribution in [0.2, 0.25) is 0 Å². The first-order chi connectivity index (χ1) is 17.9. The average molecular weight is 529 g/mol. The Morgan fingerprint density at radius 2 is 1.92 bits per heavy atom. The Morgan fingerprint density at radius 3 is 2.51 bits per heavy atom. The minimum Gasteiger partial charge on any atom is -0.342 e. The molecular formula is C29H45N4O3P. The van der Waals surface area contributed by atoms with E-state index >= 15 is 0 Å². The topological polar surface area (TPSA) is 69.0 Å². The third-order valence-electron chi connectivity index (χ3n) is 6.94. The van der Waals surface area contributed by atoms with E-state index in [0.717, 1.165) is 51.9 Å². The van der Waals surface area contributed by atoms with Crippen LogP contribution in [-0.4, -0.2) is 78.4 Å². The van der Waals surface area contributed by atoms with Gasteiger partial charge in [0.2, 0.25) is 5.91 Å². The van der Waals surface area contributed by atoms with Gasteiger partial charge in [-0.05, 0) is 64.9 Å². The Kier molecular flexibility index (Phi) is 12.5. The van der Waals surface area contributed by atoms with Crippen molar-refractivity contribution in [3.8, 4) is 6.07 Å². The molecule has 0 aromatic carbocycles. The summed E-state index contributed by atoms with van der Waals surface area (Å²) in [5.74, 6) is 0.635. The van der Waals surface area contributed by atoms with E-state index in [0.29, 0.717) is 44.2 Å². The summed E-state index contributed by atoms with van der Waals surface area (Å²) in [6.45, 7) is 13.3. The molecule has 7 nitrogen and oxygen atoms in total. The molecule has 0 radical (unpaired) electrons. The fourth-order valence-electron chi connectivity index (χ4n) is 5.07. The number of carbonyl (C=O) groups is 1. The number of hydrogen-bond donors (Lipinski definition) is 0. The van der Waals surface area contributed by atoms with Gasteiger partial charge in [0.15, 0.2) is 0 Å². The molecule has 1 heterocycles. The molecule has 0 aromatic heterocycles. The second-order valence-electron chi connectivity index (χ2n) is 10.7. The van der Waals surface area contributed by atoms with Gasteiger partial charge in [-0.2, -0.15) is 5.26 Å². The minimum absolute atomic E-state index is 0.224. The van der Waals surface area contributed by atoms with Crippen LogP contribution >= 0.6 is 8.53 Å². The van der Waals surface area contributed by atoms with Gasteiger partial charge >= 0.3 is 0 Å². The maximum atomic E-state index is 13.2. The highest BCUT2D eigenvalue weighted by Gasteiger charge is 2.30. The van der Waals surface area contributed by atoms with Crippen molar-refractivity contribution < 1.29 is 13.8 Å². The number of nitrogens with zero attached hydrogens (tertiary/aromatic N) is 4. The second kappa shape index (κ2) is 15.6. The van der Waals surface area contributed by atoms with Crippen molar-refractivity contribution in [2.24, 2.45) is 5.92 Å². The van der Waals surface area contributed by atoms with E-state index in [4.69, 9.17) is 14.3 Å². The maximum absolute atomic E-state index is 13.2. The Morgan fingerprint density at radius 1 is 1.16 bits per heavy atom. The van der Waals surface area contributed by atoms with Crippen molar-refractivity contribution in [3.63, 3.8) is 0 Å². The van der Waals surface area contributed by atoms with Gasteiger partial charge in [0.25, 0.3) is 8.53 Å². The SMILES string of the molecule is CC(C)N(C(C)C)P(OCCC#N)OCC1CCN(C(=O)CN(CC2=CCC=C2)CC2=CC=CC2)CC1. The Bertz CT molecular complexity index is 889. The summed E-state index contributed by atoms with van der Waals surface area (Å²) in [6, 6.07) is 2.74. The zero-order valence-corrected chi connectivity index (χ0v) is 24.0. The van der Waals surface area contributed by atoms with E-state index in [-0.39, 0.29) is 5.91 Å². The molecule has 1 unspecified atom stereocenters. The molecule has 1 aliphatic heterocycles. The summed E-state index contributed by atoms with van der Waals surface area (Å²) in [7, 11) is -1.21. The lowest BCUT2D eigenvalue weighted by Crippen LogP contribution is -2.45. The highest BCUT2D eigenvalue weighted by atomic mass is 31.2. The number of likely N-dealkylation sites (tertiary alicyclic amines) is 1. The van der Waals surface area contributed by atoms with Crippen LogP contribution in [0.1, 0.15) is 59.8 Å². The number of allylic oxidation sites excluding steroid dienone is 5. The molecule has 1 fully saturated rings. The van der Waals surface area contributed by atoms with Crippen LogP contribution in [0.4, 0.5) is 0 Å². The summed E-state index contributed by atoms with van der Waals surface area (Å²) in [6.07, 6.45) is 17.3. The molecule has 0 spiro atoms. The zero-order chi connectivity index (χ0) is 26.6. The van der Waals surface area contributed by atoms with Crippen LogP contribution in [0.5, 0.6) is 0 Å². The quantitative estimate of drug-likeness (QED) is 0.204. The Hall–Kier alpha value is -1.81. The van der Waals surface area contributed by atoms with E-state index in [1.165, 1.54) is 11.1 Å². The number of piperidine rings is 1. The fraction of sp³-hybridized carbons (Fsp3) is 0.655. The molecule has 1 atom stereocenters. The molecule has 0 saturated carbocycles.